The highest BCUT2D eigenvalue weighted by Gasteiger charge is 2.60. The van der Waals surface area contributed by atoms with Gasteiger partial charge in [0, 0.05) is 69.4 Å². The van der Waals surface area contributed by atoms with Gasteiger partial charge in [0.15, 0.2) is 11.5 Å². The monoisotopic (exact) mass is 666 g/mol. The number of aromatic nitrogens is 4. The van der Waals surface area contributed by atoms with Crippen LogP contribution in [0.1, 0.15) is 52.0 Å². The van der Waals surface area contributed by atoms with Crippen LogP contribution < -0.4 is 10.6 Å². The first-order valence-electron chi connectivity index (χ1n) is 14.7. The van der Waals surface area contributed by atoms with Crippen LogP contribution in [-0.2, 0) is 13.2 Å². The van der Waals surface area contributed by atoms with Gasteiger partial charge in [-0.15, -0.1) is 0 Å². The average molecular weight is 667 g/mol. The average Bonchev–Trinajstić information content (AvgIpc) is 3.50. The Morgan fingerprint density at radius 1 is 1.04 bits per heavy atom. The maximum absolute atomic E-state index is 13.7. The number of imidazole rings is 1. The molecule has 0 bridgehead atoms. The number of nitrogens with one attached hydrogen (secondary N) is 2. The molecule has 3 unspecified atom stereocenters. The number of alkyl halides is 5. The number of likely N-dealkylation sites (tertiary alicyclic amines) is 2. The highest BCUT2D eigenvalue weighted by atomic mass is 35.5. The number of fused-ring (bicyclic) bond motifs is 1. The Balaban J connectivity index is 0.991. The summed E-state index contributed by atoms with van der Waals surface area (Å²) in [6, 6.07) is 2.78. The number of rotatable bonds is 6. The van der Waals surface area contributed by atoms with E-state index in [1.165, 1.54) is 25.2 Å². The maximum Gasteiger partial charge on any atom is 0.435 e. The first-order valence-corrected chi connectivity index (χ1v) is 15.1. The summed E-state index contributed by atoms with van der Waals surface area (Å²) in [5.41, 5.74) is -1.62. The minimum absolute atomic E-state index is 0.0559. The molecule has 3 aromatic rings. The first-order chi connectivity index (χ1) is 21.7. The molecule has 2 N–H and O–H groups in total. The Morgan fingerprint density at radius 3 is 2.33 bits per heavy atom. The lowest BCUT2D eigenvalue weighted by atomic mass is 10.2. The number of carbonyl (C=O) groups excluding carboxylic acids is 3. The lowest BCUT2D eigenvalue weighted by Crippen LogP contribution is -2.43. The minimum Gasteiger partial charge on any atom is -0.349 e. The Kier molecular flexibility index (Phi) is 7.06. The molecule has 11 nitrogen and oxygen atoms in total. The van der Waals surface area contributed by atoms with E-state index in [-0.39, 0.29) is 51.7 Å². The molecule has 46 heavy (non-hydrogen) atoms. The van der Waals surface area contributed by atoms with Gasteiger partial charge >= 0.3 is 12.2 Å². The number of benzene rings is 1. The van der Waals surface area contributed by atoms with Crippen molar-refractivity contribution >= 4 is 35.1 Å². The van der Waals surface area contributed by atoms with Gasteiger partial charge in [0.1, 0.15) is 6.04 Å². The van der Waals surface area contributed by atoms with E-state index in [1.54, 1.807) is 0 Å². The van der Waals surface area contributed by atoms with Crippen LogP contribution in [0.4, 0.5) is 32.4 Å². The van der Waals surface area contributed by atoms with Gasteiger partial charge in [-0.2, -0.15) is 18.3 Å². The van der Waals surface area contributed by atoms with Crippen LogP contribution >= 0.6 is 11.6 Å². The van der Waals surface area contributed by atoms with Crippen LogP contribution in [0.15, 0.2) is 30.6 Å². The van der Waals surface area contributed by atoms with Crippen molar-refractivity contribution in [3.05, 3.63) is 52.7 Å². The van der Waals surface area contributed by atoms with E-state index in [4.69, 9.17) is 11.6 Å². The van der Waals surface area contributed by atoms with E-state index in [9.17, 15) is 36.3 Å². The van der Waals surface area contributed by atoms with E-state index in [0.717, 1.165) is 42.9 Å². The standard InChI is InChI=1S/C29H28ClF5N8O3/c1-40-20(18-13-43(21-9-28(21,31)32)39-23(18)29(33,34)35)10-36-24(40)26(45)37-14-4-5-15(19(30)8-14)25(44)38-22-16-11-42(12-17(16)22)27(46)41-6-2-3-7-41/h4-5,8,10,13,16-17,21-22H,2-3,6-7,9,11-12H2,1H3,(H,37,45)(H,38,44). The highest BCUT2D eigenvalue weighted by molar-refractivity contribution is 6.34. The van der Waals surface area contributed by atoms with Gasteiger partial charge in [-0.05, 0) is 31.0 Å². The molecule has 4 fully saturated rings. The van der Waals surface area contributed by atoms with Crippen LogP contribution in [0, 0.1) is 11.8 Å². The zero-order valence-electron chi connectivity index (χ0n) is 24.3. The first kappa shape index (κ1) is 30.4. The third-order valence-electron chi connectivity index (χ3n) is 9.19. The number of hydrogen-bond donors (Lipinski definition) is 2. The van der Waals surface area contributed by atoms with Gasteiger partial charge in [-0.1, -0.05) is 11.6 Å². The van der Waals surface area contributed by atoms with Gasteiger partial charge in [0.2, 0.25) is 0 Å². The van der Waals surface area contributed by atoms with E-state index in [2.05, 4.69) is 20.7 Å². The molecular weight excluding hydrogens is 639 g/mol. The van der Waals surface area contributed by atoms with Gasteiger partial charge in [0.25, 0.3) is 17.7 Å². The third-order valence-corrected chi connectivity index (χ3v) is 9.50. The van der Waals surface area contributed by atoms with Gasteiger partial charge < -0.3 is 25.0 Å². The number of amides is 4. The molecule has 244 valence electrons. The number of nitrogens with zero attached hydrogens (tertiary/aromatic N) is 6. The summed E-state index contributed by atoms with van der Waals surface area (Å²) in [6.07, 6.45) is -1.60. The molecule has 2 aliphatic heterocycles. The number of piperidine rings is 1. The molecule has 17 heteroatoms. The summed E-state index contributed by atoms with van der Waals surface area (Å²) < 4.78 is 70.0. The lowest BCUT2D eigenvalue weighted by Gasteiger charge is -2.26. The molecule has 2 saturated carbocycles. The predicted molar refractivity (Wildman–Crippen MR) is 153 cm³/mol. The molecule has 2 aromatic heterocycles. The van der Waals surface area contributed by atoms with Crippen LogP contribution in [0.5, 0.6) is 0 Å². The highest BCUT2D eigenvalue weighted by Crippen LogP contribution is 2.53. The SMILES string of the molecule is Cn1c(-c2cn(C3CC3(F)F)nc2C(F)(F)F)cnc1C(=O)Nc1ccc(C(=O)NC2C3CN(C(=O)N4CCCC4)CC32)c(Cl)c1. The fourth-order valence-corrected chi connectivity index (χ4v) is 6.77. The van der Waals surface area contributed by atoms with Crippen molar-refractivity contribution in [3.63, 3.8) is 0 Å². The molecule has 0 spiro atoms. The third kappa shape index (κ3) is 5.35. The molecule has 3 atom stereocenters. The Bertz CT molecular complexity index is 1740. The summed E-state index contributed by atoms with van der Waals surface area (Å²) in [5.74, 6) is -4.20. The van der Waals surface area contributed by atoms with E-state index in [0.29, 0.717) is 17.8 Å². The Morgan fingerprint density at radius 2 is 1.72 bits per heavy atom. The van der Waals surface area contributed by atoms with Gasteiger partial charge in [-0.25, -0.2) is 18.6 Å². The Labute approximate surface area is 263 Å². The lowest BCUT2D eigenvalue weighted by molar-refractivity contribution is -0.141. The van der Waals surface area contributed by atoms with Crippen molar-refractivity contribution in [2.75, 3.05) is 31.5 Å². The number of carbonyl (C=O) groups is 3. The van der Waals surface area contributed by atoms with Crippen molar-refractivity contribution in [2.45, 2.75) is 43.4 Å². The smallest absolute Gasteiger partial charge is 0.349 e. The molecular formula is C29H28ClF5N8O3. The van der Waals surface area contributed by atoms with Crippen LogP contribution in [0.3, 0.4) is 0 Å². The minimum atomic E-state index is -4.94. The van der Waals surface area contributed by atoms with Crippen molar-refractivity contribution in [1.29, 1.82) is 0 Å². The van der Waals surface area contributed by atoms with Gasteiger partial charge in [0.05, 0.1) is 28.0 Å². The molecule has 4 amide bonds. The number of urea groups is 1. The second-order valence-corrected chi connectivity index (χ2v) is 12.6. The van der Waals surface area contributed by atoms with Crippen molar-refractivity contribution in [3.8, 4) is 11.3 Å². The summed E-state index contributed by atoms with van der Waals surface area (Å²) in [7, 11) is 1.32. The molecule has 2 saturated heterocycles. The topological polar surface area (TPSA) is 117 Å². The zero-order valence-corrected chi connectivity index (χ0v) is 25.1. The molecule has 0 radical (unpaired) electrons. The van der Waals surface area contributed by atoms with Crippen LogP contribution in [-0.4, -0.2) is 85.1 Å². The van der Waals surface area contributed by atoms with Crippen molar-refractivity contribution in [2.24, 2.45) is 18.9 Å². The normalized spacial score (nSPS) is 24.6. The quantitative estimate of drug-likeness (QED) is 0.371. The fraction of sp³-hybridized carbons (Fsp3) is 0.483. The van der Waals surface area contributed by atoms with Gasteiger partial charge in [-0.3, -0.25) is 14.3 Å². The number of anilines is 1. The maximum atomic E-state index is 13.7. The summed E-state index contributed by atoms with van der Waals surface area (Å²) in [5, 5.41) is 8.98. The second kappa shape index (κ2) is 10.7. The summed E-state index contributed by atoms with van der Waals surface area (Å²) in [6.45, 7) is 2.75. The van der Waals surface area contributed by atoms with Crippen molar-refractivity contribution in [1.82, 2.24) is 34.4 Å². The number of hydrogen-bond acceptors (Lipinski definition) is 5. The molecule has 4 aliphatic rings. The molecule has 2 aliphatic carbocycles. The molecule has 7 rings (SSSR count). The van der Waals surface area contributed by atoms with Crippen molar-refractivity contribution < 1.29 is 36.3 Å². The number of halogens is 6. The summed E-state index contributed by atoms with van der Waals surface area (Å²) in [4.78, 5) is 46.3. The Hall–Kier alpha value is -4.21. The van der Waals surface area contributed by atoms with Crippen LogP contribution in [0.2, 0.25) is 5.02 Å². The van der Waals surface area contributed by atoms with E-state index < -0.39 is 47.6 Å². The van der Waals surface area contributed by atoms with E-state index in [1.807, 2.05) is 9.80 Å². The largest absolute Gasteiger partial charge is 0.435 e. The fourth-order valence-electron chi connectivity index (χ4n) is 6.50. The van der Waals surface area contributed by atoms with Crippen LogP contribution in [0.25, 0.3) is 11.3 Å². The predicted octanol–water partition coefficient (Wildman–Crippen LogP) is 4.66. The second-order valence-electron chi connectivity index (χ2n) is 12.2. The van der Waals surface area contributed by atoms with E-state index >= 15 is 0 Å². The molecule has 4 heterocycles. The molecule has 1 aromatic carbocycles. The summed E-state index contributed by atoms with van der Waals surface area (Å²) >= 11 is 6.38. The zero-order chi connectivity index (χ0) is 32.7.